The second kappa shape index (κ2) is 10.8. The molecule has 0 radical (unpaired) electrons. The van der Waals surface area contributed by atoms with Gasteiger partial charge in [-0.3, -0.25) is 29.0 Å². The van der Waals surface area contributed by atoms with Crippen molar-refractivity contribution >= 4 is 44.6 Å². The van der Waals surface area contributed by atoms with Crippen molar-refractivity contribution in [3.63, 3.8) is 0 Å². The van der Waals surface area contributed by atoms with E-state index < -0.39 is 27.9 Å². The lowest BCUT2D eigenvalue weighted by molar-refractivity contribution is 0.0573. The van der Waals surface area contributed by atoms with Crippen LogP contribution in [0.2, 0.25) is 0 Å². The molecule has 4 amide bonds. The summed E-state index contributed by atoms with van der Waals surface area (Å²) in [4.78, 5) is 55.1. The number of unbranched alkanes of at least 4 members (excludes halogenated alkanes) is 1. The van der Waals surface area contributed by atoms with Crippen molar-refractivity contribution in [3.8, 4) is 5.75 Å². The summed E-state index contributed by atoms with van der Waals surface area (Å²) < 4.78 is 31.8. The van der Waals surface area contributed by atoms with Crippen molar-refractivity contribution in [2.24, 2.45) is 0 Å². The van der Waals surface area contributed by atoms with E-state index >= 15 is 0 Å². The average molecular weight is 600 g/mol. The van der Waals surface area contributed by atoms with Gasteiger partial charge >= 0.3 is 0 Å². The van der Waals surface area contributed by atoms with Gasteiger partial charge in [0.25, 0.3) is 23.6 Å². The Kier molecular flexibility index (Phi) is 7.13. The van der Waals surface area contributed by atoms with Crippen LogP contribution in [0, 0.1) is 0 Å². The largest absolute Gasteiger partial charge is 0.497 e. The van der Waals surface area contributed by atoms with E-state index in [-0.39, 0.29) is 24.8 Å². The third kappa shape index (κ3) is 4.89. The first kappa shape index (κ1) is 28.4. The van der Waals surface area contributed by atoms with Crippen LogP contribution in [-0.4, -0.2) is 71.8 Å². The maximum atomic E-state index is 13.5. The van der Waals surface area contributed by atoms with Gasteiger partial charge in [0.1, 0.15) is 5.75 Å². The molecule has 3 heterocycles. The minimum Gasteiger partial charge on any atom is -0.497 e. The number of ether oxygens (including phenoxy) is 1. The molecule has 1 atom stereocenters. The summed E-state index contributed by atoms with van der Waals surface area (Å²) >= 11 is 0. The van der Waals surface area contributed by atoms with Gasteiger partial charge in [-0.2, -0.15) is 0 Å². The zero-order valence-corrected chi connectivity index (χ0v) is 24.5. The molecule has 4 aromatic rings. The van der Waals surface area contributed by atoms with Crippen LogP contribution in [0.15, 0.2) is 72.9 Å². The molecule has 11 heteroatoms. The molecule has 0 aliphatic carbocycles. The Hall–Kier alpha value is -4.77. The van der Waals surface area contributed by atoms with E-state index in [0.717, 1.165) is 6.26 Å². The van der Waals surface area contributed by atoms with E-state index in [1.807, 2.05) is 0 Å². The van der Waals surface area contributed by atoms with Gasteiger partial charge in [0.2, 0.25) is 10.0 Å². The van der Waals surface area contributed by atoms with Gasteiger partial charge in [-0.25, -0.2) is 12.4 Å². The fourth-order valence-electron chi connectivity index (χ4n) is 6.02. The highest BCUT2D eigenvalue weighted by Gasteiger charge is 2.40. The fraction of sp³-hybridized carbons (Fsp3) is 0.250. The van der Waals surface area contributed by atoms with E-state index in [4.69, 9.17) is 4.74 Å². The number of fused-ring (bicyclic) bond motifs is 3. The van der Waals surface area contributed by atoms with Crippen LogP contribution in [0.1, 0.15) is 66.3 Å². The Morgan fingerprint density at radius 1 is 0.767 bits per heavy atom. The van der Waals surface area contributed by atoms with Crippen LogP contribution in [0.3, 0.4) is 0 Å². The molecular weight excluding hydrogens is 570 g/mol. The fourth-order valence-corrected chi connectivity index (χ4v) is 6.85. The molecule has 0 saturated heterocycles. The molecule has 0 bridgehead atoms. The summed E-state index contributed by atoms with van der Waals surface area (Å²) in [5, 5.41) is 0.636. The first-order valence-corrected chi connectivity index (χ1v) is 15.8. The lowest BCUT2D eigenvalue weighted by Gasteiger charge is -2.26. The van der Waals surface area contributed by atoms with Crippen LogP contribution >= 0.6 is 0 Å². The first-order valence-electron chi connectivity index (χ1n) is 13.9. The van der Waals surface area contributed by atoms with E-state index in [1.165, 1.54) is 27.1 Å². The van der Waals surface area contributed by atoms with Gasteiger partial charge in [0.05, 0.1) is 41.1 Å². The maximum absolute atomic E-state index is 13.5. The van der Waals surface area contributed by atoms with Gasteiger partial charge in [-0.1, -0.05) is 24.3 Å². The smallest absolute Gasteiger partial charge is 0.261 e. The number of methoxy groups -OCH3 is 1. The molecule has 220 valence electrons. The topological polar surface area (TPSA) is 123 Å². The molecular formula is C32H29N3O7S. The number of hydrogen-bond acceptors (Lipinski definition) is 7. The third-order valence-corrected chi connectivity index (χ3v) is 9.13. The molecule has 0 N–H and O–H groups in total. The molecule has 10 nitrogen and oxygen atoms in total. The van der Waals surface area contributed by atoms with Crippen LogP contribution in [0.25, 0.3) is 10.9 Å². The quantitative estimate of drug-likeness (QED) is 0.198. The summed E-state index contributed by atoms with van der Waals surface area (Å²) in [7, 11) is -2.13. The normalized spacial score (nSPS) is 15.4. The number of imide groups is 2. The standard InChI is InChI=1S/C32H29N3O7S/c1-42-22-14-15-28-27(18-22)20(19-34(28)43(2,40)41)17-21(35-31(38)25-12-5-6-13-26(25)32(35)39)9-7-8-16-33-29(36)23-10-3-4-11-24(23)30(33)37/h3-6,10-15,18-19,21H,7-9,16-17H2,1-2H3. The number of rotatable bonds is 10. The predicted molar refractivity (Wildman–Crippen MR) is 159 cm³/mol. The van der Waals surface area contributed by atoms with E-state index in [9.17, 15) is 27.6 Å². The minimum atomic E-state index is -3.65. The number of amides is 4. The maximum Gasteiger partial charge on any atom is 0.261 e. The van der Waals surface area contributed by atoms with Crippen LogP contribution in [0.5, 0.6) is 5.75 Å². The van der Waals surface area contributed by atoms with Crippen molar-refractivity contribution in [1.82, 2.24) is 13.8 Å². The van der Waals surface area contributed by atoms with Crippen LogP contribution in [-0.2, 0) is 16.4 Å². The van der Waals surface area contributed by atoms with Crippen molar-refractivity contribution in [3.05, 3.63) is 101 Å². The van der Waals surface area contributed by atoms with Gasteiger partial charge in [-0.05, 0) is 73.7 Å². The molecule has 1 aromatic heterocycles. The van der Waals surface area contributed by atoms with Crippen molar-refractivity contribution in [1.29, 1.82) is 0 Å². The van der Waals surface area contributed by atoms with E-state index in [0.29, 0.717) is 63.7 Å². The average Bonchev–Trinajstić information content (AvgIpc) is 3.58. The number of nitrogens with zero attached hydrogens (tertiary/aromatic N) is 3. The summed E-state index contributed by atoms with van der Waals surface area (Å²) in [5.74, 6) is -0.941. The van der Waals surface area contributed by atoms with Crippen molar-refractivity contribution < 1.29 is 32.3 Å². The predicted octanol–water partition coefficient (Wildman–Crippen LogP) is 4.13. The van der Waals surface area contributed by atoms with Gasteiger partial charge in [0.15, 0.2) is 0 Å². The minimum absolute atomic E-state index is 0.199. The van der Waals surface area contributed by atoms with Gasteiger partial charge in [-0.15, -0.1) is 0 Å². The zero-order valence-electron chi connectivity index (χ0n) is 23.6. The molecule has 3 aromatic carbocycles. The second-order valence-corrected chi connectivity index (χ2v) is 12.6. The zero-order chi connectivity index (χ0) is 30.5. The highest BCUT2D eigenvalue weighted by Crippen LogP contribution is 2.33. The second-order valence-electron chi connectivity index (χ2n) is 10.8. The third-order valence-electron chi connectivity index (χ3n) is 8.11. The number of aromatic nitrogens is 1. The number of benzene rings is 3. The lowest BCUT2D eigenvalue weighted by atomic mass is 9.98. The number of carbonyl (C=O) groups excluding carboxylic acids is 4. The Morgan fingerprint density at radius 3 is 1.86 bits per heavy atom. The molecule has 0 saturated carbocycles. The molecule has 43 heavy (non-hydrogen) atoms. The molecule has 2 aliphatic rings. The SMILES string of the molecule is COc1ccc2c(c1)c(CC(CCCCN1C(=O)c3ccccc3C1=O)N1C(=O)c3ccccc3C1=O)cn2S(C)(=O)=O. The van der Waals surface area contributed by atoms with E-state index in [2.05, 4.69) is 0 Å². The Morgan fingerprint density at radius 2 is 1.33 bits per heavy atom. The highest BCUT2D eigenvalue weighted by molar-refractivity contribution is 7.89. The lowest BCUT2D eigenvalue weighted by Crippen LogP contribution is -2.41. The van der Waals surface area contributed by atoms with E-state index in [1.54, 1.807) is 66.7 Å². The molecule has 1 unspecified atom stereocenters. The molecule has 0 spiro atoms. The molecule has 6 rings (SSSR count). The summed E-state index contributed by atoms with van der Waals surface area (Å²) in [6.07, 6.45) is 4.18. The highest BCUT2D eigenvalue weighted by atomic mass is 32.2. The monoisotopic (exact) mass is 599 g/mol. The molecule has 0 fully saturated rings. The summed E-state index contributed by atoms with van der Waals surface area (Å²) in [5.41, 5.74) is 2.52. The summed E-state index contributed by atoms with van der Waals surface area (Å²) in [6, 6.07) is 17.8. The van der Waals surface area contributed by atoms with Crippen LogP contribution in [0.4, 0.5) is 0 Å². The van der Waals surface area contributed by atoms with Crippen molar-refractivity contribution in [2.75, 3.05) is 19.9 Å². The number of carbonyl (C=O) groups is 4. The Labute approximate surface area is 248 Å². The number of hydrogen-bond donors (Lipinski definition) is 0. The van der Waals surface area contributed by atoms with Crippen molar-refractivity contribution in [2.45, 2.75) is 31.7 Å². The molecule has 2 aliphatic heterocycles. The summed E-state index contributed by atoms with van der Waals surface area (Å²) in [6.45, 7) is 0.200. The Bertz CT molecular complexity index is 1860. The Balaban J connectivity index is 1.29. The first-order chi connectivity index (χ1) is 20.6. The van der Waals surface area contributed by atoms with Crippen LogP contribution < -0.4 is 4.74 Å². The van der Waals surface area contributed by atoms with Gasteiger partial charge < -0.3 is 4.74 Å². The van der Waals surface area contributed by atoms with Gasteiger partial charge in [0, 0.05) is 24.2 Å².